The average molecular weight is 911 g/mol. The van der Waals surface area contributed by atoms with E-state index in [1.54, 1.807) is 0 Å². The summed E-state index contributed by atoms with van der Waals surface area (Å²) in [5, 5.41) is 96.5. The van der Waals surface area contributed by atoms with Crippen LogP contribution >= 0.6 is 0 Å². The van der Waals surface area contributed by atoms with Crippen molar-refractivity contribution in [2.24, 2.45) is 56.7 Å². The van der Waals surface area contributed by atoms with Crippen molar-refractivity contribution in [3.8, 4) is 0 Å². The van der Waals surface area contributed by atoms with E-state index in [0.29, 0.717) is 25.2 Å². The van der Waals surface area contributed by atoms with Crippen LogP contribution in [0.1, 0.15) is 113 Å². The van der Waals surface area contributed by atoms with Gasteiger partial charge in [-0.15, -0.1) is 0 Å². The summed E-state index contributed by atoms with van der Waals surface area (Å²) in [6.45, 7) is 19.1. The van der Waals surface area contributed by atoms with Gasteiger partial charge in [0.15, 0.2) is 25.0 Å². The molecule has 8 rings (SSSR count). The minimum Gasteiger partial charge on any atom is -0.481 e. The predicted octanol–water partition coefficient (Wildman–Crippen LogP) is 2.32. The summed E-state index contributed by atoms with van der Waals surface area (Å²) in [4.78, 5) is 25.5. The predicted molar refractivity (Wildman–Crippen MR) is 224 cm³/mol. The Balaban J connectivity index is 1.04. The van der Waals surface area contributed by atoms with Gasteiger partial charge in [0.1, 0.15) is 54.9 Å². The van der Waals surface area contributed by atoms with E-state index in [1.807, 2.05) is 0 Å². The standard InChI is InChI=1S/C47H74O17/c1-20(2)22-11-16-47(42(57)58)18-17-45(7)23(28(22)47)9-10-26-44(6)14-13-27(43(4,5)25(44)12-15-46(26,45)8)61-41-37(33(53)32(52)35(62-41)38(55)56)64-40-36(30(50)24(48)19-59-40)63-39-34(54)31(51)29(49)21(3)60-39/h21-37,39-41,48-54H,1,9-19H2,2-8H3,(H,55,56)(H,57,58)/t21-,22-,23?,24+,25?,26+,27-,28?,29-,30-,31+,32-,33-,34+,35-,36+,37+,39-,40-,41+,44-,45+,46+,47-/m0/s1. The fourth-order valence-electron chi connectivity index (χ4n) is 15.7. The van der Waals surface area contributed by atoms with Crippen LogP contribution in [0.3, 0.4) is 0 Å². The molecule has 0 radical (unpaired) electrons. The minimum atomic E-state index is -1.98. The van der Waals surface area contributed by atoms with Gasteiger partial charge in [0, 0.05) is 0 Å². The molecule has 8 aliphatic rings. The first kappa shape index (κ1) is 48.6. The van der Waals surface area contributed by atoms with Gasteiger partial charge in [0.25, 0.3) is 0 Å². The molecule has 0 aromatic rings. The van der Waals surface area contributed by atoms with Crippen LogP contribution in [0.2, 0.25) is 0 Å². The second kappa shape index (κ2) is 17.0. The molecule has 0 bridgehead atoms. The van der Waals surface area contributed by atoms with Crippen molar-refractivity contribution in [3.05, 3.63) is 12.2 Å². The van der Waals surface area contributed by atoms with Crippen LogP contribution in [0.5, 0.6) is 0 Å². The highest BCUT2D eigenvalue weighted by atomic mass is 16.8. The van der Waals surface area contributed by atoms with Gasteiger partial charge in [-0.3, -0.25) is 4.79 Å². The molecule has 24 atom stereocenters. The monoisotopic (exact) mass is 910 g/mol. The fourth-order valence-corrected chi connectivity index (χ4v) is 15.7. The van der Waals surface area contributed by atoms with Crippen molar-refractivity contribution in [3.63, 3.8) is 0 Å². The summed E-state index contributed by atoms with van der Waals surface area (Å²) in [7, 11) is 0. The zero-order chi connectivity index (χ0) is 46.8. The quantitative estimate of drug-likeness (QED) is 0.119. The van der Waals surface area contributed by atoms with Gasteiger partial charge in [-0.25, -0.2) is 4.79 Å². The van der Waals surface area contributed by atoms with Crippen molar-refractivity contribution in [2.45, 2.75) is 205 Å². The lowest BCUT2D eigenvalue weighted by Gasteiger charge is -2.73. The number of aliphatic hydroxyl groups is 7. The first-order valence-electron chi connectivity index (χ1n) is 23.6. The summed E-state index contributed by atoms with van der Waals surface area (Å²) in [5.41, 5.74) is -0.386. The Morgan fingerprint density at radius 2 is 1.31 bits per heavy atom. The highest BCUT2D eigenvalue weighted by Crippen LogP contribution is 2.77. The van der Waals surface area contributed by atoms with Crippen molar-refractivity contribution >= 4 is 11.9 Å². The molecule has 3 aliphatic heterocycles. The van der Waals surface area contributed by atoms with Crippen LogP contribution in [0, 0.1) is 56.7 Å². The molecule has 17 nitrogen and oxygen atoms in total. The largest absolute Gasteiger partial charge is 0.481 e. The van der Waals surface area contributed by atoms with Crippen LogP contribution in [-0.2, 0) is 38.0 Å². The molecule has 0 aromatic heterocycles. The number of aliphatic carboxylic acids is 2. The SMILES string of the molecule is C=C(C)[C@@H]1CC[C@]2(C(=O)O)CC[C@]3(C)C(CC[C@@H]4[C@@]5(C)CC[C@H](O[C@@H]6O[C@H](C(=O)O)[C@@H](O)[C@H](O)[C@H]6O[C@@H]6OC[C@@H](O)[C@H](O)[C@H]6O[C@@H]6O[C@@H](C)[C@H](O)[C@@H](O)[C@H]6O)C(C)(C)C5CC[C@]43C)C12. The average Bonchev–Trinajstić information content (AvgIpc) is 3.64. The summed E-state index contributed by atoms with van der Waals surface area (Å²) in [5.74, 6) is -1.17. The Labute approximate surface area is 375 Å². The van der Waals surface area contributed by atoms with Crippen molar-refractivity contribution in [1.82, 2.24) is 0 Å². The molecule has 9 N–H and O–H groups in total. The van der Waals surface area contributed by atoms with E-state index in [-0.39, 0.29) is 39.9 Å². The van der Waals surface area contributed by atoms with Gasteiger partial charge >= 0.3 is 11.9 Å². The number of ether oxygens (including phenoxy) is 6. The topological polar surface area (TPSA) is 272 Å². The Bertz CT molecular complexity index is 1780. The Kier molecular flexibility index (Phi) is 12.9. The normalized spacial score (nSPS) is 54.7. The van der Waals surface area contributed by atoms with E-state index >= 15 is 0 Å². The molecule has 3 unspecified atom stereocenters. The van der Waals surface area contributed by atoms with Gasteiger partial charge in [-0.05, 0) is 129 Å². The second-order valence-corrected chi connectivity index (χ2v) is 22.5. The summed E-state index contributed by atoms with van der Waals surface area (Å²) in [6, 6.07) is 0. The molecular formula is C47H74O17. The van der Waals surface area contributed by atoms with Crippen molar-refractivity contribution in [2.75, 3.05) is 6.61 Å². The number of allylic oxidation sites excluding steroid dienone is 1. The van der Waals surface area contributed by atoms with Gasteiger partial charge in [-0.1, -0.05) is 46.8 Å². The zero-order valence-corrected chi connectivity index (χ0v) is 38.3. The smallest absolute Gasteiger partial charge is 0.335 e. The number of fused-ring (bicyclic) bond motifs is 7. The maximum absolute atomic E-state index is 13.1. The van der Waals surface area contributed by atoms with E-state index in [1.165, 1.54) is 6.92 Å². The minimum absolute atomic E-state index is 0.0520. The van der Waals surface area contributed by atoms with E-state index in [2.05, 4.69) is 48.1 Å². The summed E-state index contributed by atoms with van der Waals surface area (Å²) >= 11 is 0. The molecule has 64 heavy (non-hydrogen) atoms. The van der Waals surface area contributed by atoms with Crippen LogP contribution in [0.25, 0.3) is 0 Å². The molecule has 5 aliphatic carbocycles. The molecule has 0 aromatic carbocycles. The number of hydrogen-bond donors (Lipinski definition) is 9. The molecular weight excluding hydrogens is 836 g/mol. The molecule has 17 heteroatoms. The number of carboxylic acids is 2. The van der Waals surface area contributed by atoms with Gasteiger partial charge in [0.2, 0.25) is 0 Å². The first-order valence-corrected chi connectivity index (χ1v) is 23.6. The van der Waals surface area contributed by atoms with Crippen LogP contribution in [0.4, 0.5) is 0 Å². The van der Waals surface area contributed by atoms with Crippen LogP contribution < -0.4 is 0 Å². The molecule has 3 heterocycles. The number of aliphatic hydroxyl groups excluding tert-OH is 7. The first-order chi connectivity index (χ1) is 29.9. The van der Waals surface area contributed by atoms with E-state index < -0.39 is 121 Å². The molecule has 8 fully saturated rings. The van der Waals surface area contributed by atoms with Gasteiger partial charge in [-0.2, -0.15) is 0 Å². The molecule has 5 saturated carbocycles. The maximum Gasteiger partial charge on any atom is 0.335 e. The molecule has 0 amide bonds. The summed E-state index contributed by atoms with van der Waals surface area (Å²) < 4.78 is 36.2. The lowest BCUT2D eigenvalue weighted by atomic mass is 9.32. The number of hydrogen-bond acceptors (Lipinski definition) is 15. The van der Waals surface area contributed by atoms with E-state index in [9.17, 15) is 55.5 Å². The number of carboxylic acid groups (broad SMARTS) is 2. The Morgan fingerprint density at radius 1 is 0.641 bits per heavy atom. The van der Waals surface area contributed by atoms with Crippen LogP contribution in [-0.4, -0.2) is 157 Å². The Hall–Kier alpha value is -1.84. The highest BCUT2D eigenvalue weighted by molar-refractivity contribution is 5.76. The number of rotatable bonds is 9. The summed E-state index contributed by atoms with van der Waals surface area (Å²) in [6.07, 6.45) is -15.3. The third-order valence-electron chi connectivity index (χ3n) is 19.3. The highest BCUT2D eigenvalue weighted by Gasteiger charge is 2.72. The second-order valence-electron chi connectivity index (χ2n) is 22.5. The van der Waals surface area contributed by atoms with Crippen molar-refractivity contribution < 1.29 is 84.0 Å². The fraction of sp³-hybridized carbons (Fsp3) is 0.915. The third kappa shape index (κ3) is 7.27. The lowest BCUT2D eigenvalue weighted by molar-refractivity contribution is -0.386. The van der Waals surface area contributed by atoms with Gasteiger partial charge in [0.05, 0.1) is 24.2 Å². The van der Waals surface area contributed by atoms with Crippen molar-refractivity contribution in [1.29, 1.82) is 0 Å². The zero-order valence-electron chi connectivity index (χ0n) is 38.3. The molecule has 3 saturated heterocycles. The van der Waals surface area contributed by atoms with Gasteiger partial charge < -0.3 is 74.4 Å². The van der Waals surface area contributed by atoms with Crippen LogP contribution in [0.15, 0.2) is 12.2 Å². The van der Waals surface area contributed by atoms with E-state index in [4.69, 9.17) is 28.4 Å². The lowest BCUT2D eigenvalue weighted by Crippen LogP contribution is -2.68. The molecule has 0 spiro atoms. The number of carbonyl (C=O) groups is 2. The third-order valence-corrected chi connectivity index (χ3v) is 19.3. The maximum atomic E-state index is 13.1. The Morgan fingerprint density at radius 3 is 1.97 bits per heavy atom. The molecule has 364 valence electrons. The van der Waals surface area contributed by atoms with E-state index in [0.717, 1.165) is 50.5 Å².